The van der Waals surface area contributed by atoms with Gasteiger partial charge in [0.15, 0.2) is 5.82 Å². The first-order valence-corrected chi connectivity index (χ1v) is 12.6. The predicted octanol–water partition coefficient (Wildman–Crippen LogP) is 6.25. The third-order valence-corrected chi connectivity index (χ3v) is 6.18. The van der Waals surface area contributed by atoms with Gasteiger partial charge in [0.05, 0.1) is 17.9 Å². The summed E-state index contributed by atoms with van der Waals surface area (Å²) in [6.45, 7) is 17.2. The highest BCUT2D eigenvalue weighted by molar-refractivity contribution is 6.30. The molecular formula is C27H43ClN4O3. The van der Waals surface area contributed by atoms with Gasteiger partial charge >= 0.3 is 5.69 Å². The summed E-state index contributed by atoms with van der Waals surface area (Å²) >= 11 is 6.32. The molecule has 1 unspecified atom stereocenters. The molecule has 0 aliphatic carbocycles. The van der Waals surface area contributed by atoms with Gasteiger partial charge in [0.25, 0.3) is 0 Å². The lowest BCUT2D eigenvalue weighted by atomic mass is 9.85. The minimum atomic E-state index is -0.261. The maximum absolute atomic E-state index is 13.5. The standard InChI is InChI=1S/C26H39ClN4O2.CH4O/c1-8-23(12-11-20(5)33-19(3)4)31-24(21-13-15-28-18-22(27)17-21)29-30(25(31)32)16-10-14-26(6,7)9-2;1-2/h8,11,13,15,18-19,23H,1,9-10,12,14,16-17H2,2-7H3;2H,1H3/b20-11+;. The zero-order chi connectivity index (χ0) is 26.6. The van der Waals surface area contributed by atoms with E-state index in [-0.39, 0.29) is 23.3 Å². The first kappa shape index (κ1) is 30.7. The van der Waals surface area contributed by atoms with Crippen molar-refractivity contribution in [3.63, 3.8) is 0 Å². The van der Waals surface area contributed by atoms with E-state index in [4.69, 9.17) is 26.5 Å². The van der Waals surface area contributed by atoms with Crippen LogP contribution in [0.15, 0.2) is 51.6 Å². The van der Waals surface area contributed by atoms with Crippen molar-refractivity contribution in [2.45, 2.75) is 92.3 Å². The number of aliphatic hydroxyl groups excluding tert-OH is 1. The van der Waals surface area contributed by atoms with Gasteiger partial charge in [-0.3, -0.25) is 9.56 Å². The van der Waals surface area contributed by atoms with Crippen LogP contribution in [0.3, 0.4) is 0 Å². The molecule has 0 fully saturated rings. The van der Waals surface area contributed by atoms with Crippen LogP contribution in [0, 0.1) is 5.41 Å². The highest BCUT2D eigenvalue weighted by atomic mass is 35.5. The molecule has 2 rings (SSSR count). The third-order valence-electron chi connectivity index (χ3n) is 5.95. The Bertz CT molecular complexity index is 997. The van der Waals surface area contributed by atoms with Gasteiger partial charge in [-0.05, 0) is 57.6 Å². The molecule has 7 nitrogen and oxygen atoms in total. The molecule has 196 valence electrons. The fourth-order valence-electron chi connectivity index (χ4n) is 3.68. The van der Waals surface area contributed by atoms with E-state index in [9.17, 15) is 4.79 Å². The minimum Gasteiger partial charge on any atom is -0.496 e. The van der Waals surface area contributed by atoms with Gasteiger partial charge in [-0.1, -0.05) is 44.9 Å². The molecule has 0 saturated heterocycles. The Kier molecular flexibility index (Phi) is 13.0. The average molecular weight is 507 g/mol. The summed E-state index contributed by atoms with van der Waals surface area (Å²) in [6, 6.07) is -0.261. The van der Waals surface area contributed by atoms with E-state index < -0.39 is 0 Å². The van der Waals surface area contributed by atoms with E-state index in [1.54, 1.807) is 27.7 Å². The van der Waals surface area contributed by atoms with E-state index in [2.05, 4.69) is 32.3 Å². The van der Waals surface area contributed by atoms with Crippen LogP contribution >= 0.6 is 11.6 Å². The SMILES string of the molecule is C=CC(C/C=C(\C)OC(C)C)n1c(C2=CC=NC=C(Cl)C2)nn(CCCC(C)(C)CC)c1=O.CO. The zero-order valence-electron chi connectivity index (χ0n) is 22.4. The van der Waals surface area contributed by atoms with Gasteiger partial charge < -0.3 is 9.84 Å². The highest BCUT2D eigenvalue weighted by Crippen LogP contribution is 2.28. The Morgan fingerprint density at radius 2 is 2.06 bits per heavy atom. The minimum absolute atomic E-state index is 0.0983. The maximum atomic E-state index is 13.5. The summed E-state index contributed by atoms with van der Waals surface area (Å²) in [6.07, 6.45) is 13.1. The smallest absolute Gasteiger partial charge is 0.346 e. The predicted molar refractivity (Wildman–Crippen MR) is 147 cm³/mol. The summed E-state index contributed by atoms with van der Waals surface area (Å²) < 4.78 is 9.07. The average Bonchev–Trinajstić information content (AvgIpc) is 2.97. The van der Waals surface area contributed by atoms with E-state index in [0.29, 0.717) is 30.2 Å². The largest absolute Gasteiger partial charge is 0.496 e. The molecule has 0 spiro atoms. The third kappa shape index (κ3) is 9.65. The fourth-order valence-corrected chi connectivity index (χ4v) is 3.88. The van der Waals surface area contributed by atoms with E-state index >= 15 is 0 Å². The van der Waals surface area contributed by atoms with Crippen LogP contribution < -0.4 is 5.69 Å². The molecule has 8 heteroatoms. The lowest BCUT2D eigenvalue weighted by Gasteiger charge is -2.21. The topological polar surface area (TPSA) is 81.6 Å². The van der Waals surface area contributed by atoms with Crippen LogP contribution in [0.2, 0.25) is 0 Å². The second-order valence-electron chi connectivity index (χ2n) is 9.58. The van der Waals surface area contributed by atoms with Crippen LogP contribution in [0.1, 0.15) is 85.5 Å². The molecule has 1 N–H and O–H groups in total. The van der Waals surface area contributed by atoms with Crippen molar-refractivity contribution in [2.75, 3.05) is 7.11 Å². The van der Waals surface area contributed by atoms with Crippen LogP contribution in [0.5, 0.6) is 0 Å². The lowest BCUT2D eigenvalue weighted by Crippen LogP contribution is -2.28. The molecule has 0 saturated carbocycles. The van der Waals surface area contributed by atoms with Crippen molar-refractivity contribution in [1.82, 2.24) is 14.3 Å². The molecule has 1 aromatic rings. The molecule has 0 aromatic carbocycles. The van der Waals surface area contributed by atoms with Crippen molar-refractivity contribution >= 4 is 23.4 Å². The number of aryl methyl sites for hydroxylation is 1. The molecule has 1 atom stereocenters. The first-order valence-electron chi connectivity index (χ1n) is 12.2. The van der Waals surface area contributed by atoms with Crippen LogP contribution in [-0.4, -0.2) is 38.9 Å². The molecule has 1 aromatic heterocycles. The molecular weight excluding hydrogens is 464 g/mol. The summed E-state index contributed by atoms with van der Waals surface area (Å²) in [5.74, 6) is 1.43. The van der Waals surface area contributed by atoms with Gasteiger partial charge in [-0.25, -0.2) is 9.48 Å². The maximum Gasteiger partial charge on any atom is 0.346 e. The van der Waals surface area contributed by atoms with E-state index in [0.717, 1.165) is 37.7 Å². The summed E-state index contributed by atoms with van der Waals surface area (Å²) in [5, 5.41) is 12.4. The van der Waals surface area contributed by atoms with Gasteiger partial charge in [-0.15, -0.1) is 11.7 Å². The van der Waals surface area contributed by atoms with E-state index in [1.807, 2.05) is 32.9 Å². The fraction of sp³-hybridized carbons (Fsp3) is 0.593. The number of hydrogen-bond acceptors (Lipinski definition) is 5. The number of allylic oxidation sites excluding steroid dienone is 6. The molecule has 35 heavy (non-hydrogen) atoms. The lowest BCUT2D eigenvalue weighted by molar-refractivity contribution is 0.148. The number of aliphatic hydroxyl groups is 1. The van der Waals surface area contributed by atoms with Crippen LogP contribution in [0.4, 0.5) is 0 Å². The van der Waals surface area contributed by atoms with Gasteiger partial charge in [0, 0.05) is 43.1 Å². The Labute approximate surface area is 215 Å². The van der Waals surface area contributed by atoms with Crippen molar-refractivity contribution in [3.8, 4) is 0 Å². The molecule has 0 radical (unpaired) electrons. The van der Waals surface area contributed by atoms with Gasteiger partial charge in [0.1, 0.15) is 0 Å². The second kappa shape index (κ2) is 14.9. The normalized spacial score (nSPS) is 15.1. The van der Waals surface area contributed by atoms with Crippen LogP contribution in [-0.2, 0) is 11.3 Å². The number of rotatable bonds is 12. The molecule has 0 bridgehead atoms. The molecule has 2 heterocycles. The molecule has 1 aliphatic heterocycles. The van der Waals surface area contributed by atoms with Crippen molar-refractivity contribution in [1.29, 1.82) is 0 Å². The zero-order valence-corrected chi connectivity index (χ0v) is 23.2. The van der Waals surface area contributed by atoms with Crippen molar-refractivity contribution < 1.29 is 9.84 Å². The molecule has 1 aliphatic rings. The number of ether oxygens (including phenoxy) is 1. The number of aromatic nitrogens is 3. The van der Waals surface area contributed by atoms with Crippen molar-refractivity contribution in [2.24, 2.45) is 10.4 Å². The van der Waals surface area contributed by atoms with Crippen molar-refractivity contribution in [3.05, 3.63) is 58.1 Å². The highest BCUT2D eigenvalue weighted by Gasteiger charge is 2.23. The van der Waals surface area contributed by atoms with Crippen LogP contribution in [0.25, 0.3) is 5.57 Å². The Balaban J connectivity index is 0.00000298. The number of nitrogens with zero attached hydrogens (tertiary/aromatic N) is 4. The quantitative estimate of drug-likeness (QED) is 0.268. The Hall–Kier alpha value is -2.38. The monoisotopic (exact) mass is 506 g/mol. The van der Waals surface area contributed by atoms with Gasteiger partial charge in [-0.2, -0.15) is 0 Å². The summed E-state index contributed by atoms with van der Waals surface area (Å²) in [7, 11) is 1.00. The number of aliphatic imine (C=N–C) groups is 1. The molecule has 0 amide bonds. The van der Waals surface area contributed by atoms with Gasteiger partial charge in [0.2, 0.25) is 0 Å². The number of hydrogen-bond donors (Lipinski definition) is 1. The summed E-state index contributed by atoms with van der Waals surface area (Å²) in [5.41, 5.74) is 0.964. The Morgan fingerprint density at radius 3 is 2.66 bits per heavy atom. The second-order valence-corrected chi connectivity index (χ2v) is 10.1. The van der Waals surface area contributed by atoms with E-state index in [1.165, 1.54) is 0 Å². The number of halogens is 1. The first-order chi connectivity index (χ1) is 16.6. The Morgan fingerprint density at radius 1 is 1.37 bits per heavy atom. The summed E-state index contributed by atoms with van der Waals surface area (Å²) in [4.78, 5) is 17.7.